The number of ether oxygens (including phenoxy) is 5. The fourth-order valence-corrected chi connectivity index (χ4v) is 2.33. The average Bonchev–Trinajstić information content (AvgIpc) is 2.97. The van der Waals surface area contributed by atoms with Crippen molar-refractivity contribution in [1.29, 1.82) is 0 Å². The van der Waals surface area contributed by atoms with Gasteiger partial charge in [0.1, 0.15) is 18.8 Å². The largest absolute Gasteiger partial charge is 0.463 e. The third-order valence-electron chi connectivity index (χ3n) is 3.36. The molecule has 2 heterocycles. The molecule has 2 aliphatic heterocycles. The minimum Gasteiger partial charge on any atom is -0.463 e. The first-order valence-electron chi connectivity index (χ1n) is 7.42. The Balaban J connectivity index is 1.87. The molecule has 7 nitrogen and oxygen atoms in total. The van der Waals surface area contributed by atoms with Gasteiger partial charge in [-0.15, -0.1) is 0 Å². The van der Waals surface area contributed by atoms with Gasteiger partial charge in [0, 0.05) is 20.5 Å². The Hall–Kier alpha value is -1.44. The van der Waals surface area contributed by atoms with Gasteiger partial charge >= 0.3 is 11.9 Å². The molecule has 0 aromatic carbocycles. The highest BCUT2D eigenvalue weighted by molar-refractivity contribution is 5.66. The number of esters is 2. The lowest BCUT2D eigenvalue weighted by Gasteiger charge is -2.31. The standard InChI is InChI=1S/C15H22O7/c1-10(16)19-9-14-13(21-11(2)17)5-6-15(22-14)20-8-12-4-3-7-18-12/h5-6,12-15H,3-4,7-9H2,1-2H3/t12?,13-,14-,15+/m1/s1. The summed E-state index contributed by atoms with van der Waals surface area (Å²) in [5.41, 5.74) is 0. The van der Waals surface area contributed by atoms with Crippen molar-refractivity contribution < 1.29 is 33.3 Å². The maximum atomic E-state index is 11.1. The predicted octanol–water partition coefficient (Wildman–Crippen LogP) is 0.958. The van der Waals surface area contributed by atoms with E-state index in [4.69, 9.17) is 23.7 Å². The van der Waals surface area contributed by atoms with Crippen molar-refractivity contribution in [2.45, 2.75) is 51.3 Å². The lowest BCUT2D eigenvalue weighted by Crippen LogP contribution is -2.42. The van der Waals surface area contributed by atoms with E-state index in [1.165, 1.54) is 13.8 Å². The van der Waals surface area contributed by atoms with Gasteiger partial charge in [0.05, 0.1) is 12.7 Å². The van der Waals surface area contributed by atoms with Crippen molar-refractivity contribution in [1.82, 2.24) is 0 Å². The third-order valence-corrected chi connectivity index (χ3v) is 3.36. The molecule has 0 radical (unpaired) electrons. The van der Waals surface area contributed by atoms with Crippen LogP contribution in [0.2, 0.25) is 0 Å². The highest BCUT2D eigenvalue weighted by atomic mass is 16.7. The van der Waals surface area contributed by atoms with E-state index in [1.807, 2.05) is 0 Å². The highest BCUT2D eigenvalue weighted by Crippen LogP contribution is 2.19. The Bertz CT molecular complexity index is 414. The van der Waals surface area contributed by atoms with Crippen LogP contribution in [0.1, 0.15) is 26.7 Å². The maximum Gasteiger partial charge on any atom is 0.303 e. The van der Waals surface area contributed by atoms with Crippen molar-refractivity contribution in [3.8, 4) is 0 Å². The van der Waals surface area contributed by atoms with E-state index >= 15 is 0 Å². The quantitative estimate of drug-likeness (QED) is 0.533. The summed E-state index contributed by atoms with van der Waals surface area (Å²) >= 11 is 0. The van der Waals surface area contributed by atoms with Crippen molar-refractivity contribution in [2.24, 2.45) is 0 Å². The molecule has 124 valence electrons. The number of hydrogen-bond acceptors (Lipinski definition) is 7. The molecule has 2 aliphatic rings. The van der Waals surface area contributed by atoms with Crippen molar-refractivity contribution in [3.05, 3.63) is 12.2 Å². The molecule has 0 aromatic heterocycles. The molecule has 1 saturated heterocycles. The van der Waals surface area contributed by atoms with Gasteiger partial charge < -0.3 is 23.7 Å². The summed E-state index contributed by atoms with van der Waals surface area (Å²) in [6.45, 7) is 3.82. The Morgan fingerprint density at radius 3 is 2.64 bits per heavy atom. The van der Waals surface area contributed by atoms with Gasteiger partial charge in [-0.3, -0.25) is 9.59 Å². The predicted molar refractivity (Wildman–Crippen MR) is 74.9 cm³/mol. The lowest BCUT2D eigenvalue weighted by molar-refractivity contribution is -0.202. The van der Waals surface area contributed by atoms with E-state index < -0.39 is 30.4 Å². The summed E-state index contributed by atoms with van der Waals surface area (Å²) in [7, 11) is 0. The molecule has 0 saturated carbocycles. The third kappa shape index (κ3) is 5.40. The Labute approximate surface area is 129 Å². The molecular formula is C15H22O7. The van der Waals surface area contributed by atoms with Gasteiger partial charge in [-0.25, -0.2) is 0 Å². The fraction of sp³-hybridized carbons (Fsp3) is 0.733. The smallest absolute Gasteiger partial charge is 0.303 e. The van der Waals surface area contributed by atoms with Crippen LogP contribution in [0.5, 0.6) is 0 Å². The lowest BCUT2D eigenvalue weighted by atomic mass is 10.1. The van der Waals surface area contributed by atoms with E-state index in [0.29, 0.717) is 6.61 Å². The summed E-state index contributed by atoms with van der Waals surface area (Å²) < 4.78 is 26.9. The zero-order valence-electron chi connectivity index (χ0n) is 12.9. The summed E-state index contributed by atoms with van der Waals surface area (Å²) in [6, 6.07) is 0. The second kappa shape index (κ2) is 8.26. The minimum absolute atomic E-state index is 0.00257. The van der Waals surface area contributed by atoms with Crippen LogP contribution in [0.25, 0.3) is 0 Å². The molecule has 0 spiro atoms. The fourth-order valence-electron chi connectivity index (χ4n) is 2.33. The monoisotopic (exact) mass is 314 g/mol. The van der Waals surface area contributed by atoms with Crippen LogP contribution in [-0.4, -0.2) is 56.4 Å². The number of hydrogen-bond donors (Lipinski definition) is 0. The number of rotatable bonds is 6. The molecule has 0 N–H and O–H groups in total. The van der Waals surface area contributed by atoms with Crippen LogP contribution in [0.3, 0.4) is 0 Å². The van der Waals surface area contributed by atoms with Gasteiger partial charge in [-0.1, -0.05) is 0 Å². The summed E-state index contributed by atoms with van der Waals surface area (Å²) in [6.07, 6.45) is 3.73. The molecule has 0 aliphatic carbocycles. The van der Waals surface area contributed by atoms with Gasteiger partial charge in [0.15, 0.2) is 6.29 Å². The molecular weight excluding hydrogens is 292 g/mol. The molecule has 1 fully saturated rings. The Morgan fingerprint density at radius 1 is 1.18 bits per heavy atom. The molecule has 1 unspecified atom stereocenters. The molecule has 22 heavy (non-hydrogen) atoms. The molecule has 2 rings (SSSR count). The zero-order valence-corrected chi connectivity index (χ0v) is 12.9. The van der Waals surface area contributed by atoms with Crippen LogP contribution in [0, 0.1) is 0 Å². The van der Waals surface area contributed by atoms with Crippen LogP contribution >= 0.6 is 0 Å². The van der Waals surface area contributed by atoms with E-state index in [1.54, 1.807) is 12.2 Å². The minimum atomic E-state index is -0.598. The first-order chi connectivity index (χ1) is 10.5. The summed E-state index contributed by atoms with van der Waals surface area (Å²) in [5, 5.41) is 0. The van der Waals surface area contributed by atoms with Gasteiger partial charge in [-0.2, -0.15) is 0 Å². The number of carbonyl (C=O) groups is 2. The second-order valence-corrected chi connectivity index (χ2v) is 5.27. The van der Waals surface area contributed by atoms with Crippen molar-refractivity contribution in [3.63, 3.8) is 0 Å². The van der Waals surface area contributed by atoms with Gasteiger partial charge in [0.25, 0.3) is 0 Å². The Morgan fingerprint density at radius 2 is 2.00 bits per heavy atom. The molecule has 4 atom stereocenters. The topological polar surface area (TPSA) is 80.3 Å². The van der Waals surface area contributed by atoms with E-state index in [9.17, 15) is 9.59 Å². The second-order valence-electron chi connectivity index (χ2n) is 5.27. The van der Waals surface area contributed by atoms with Crippen LogP contribution in [-0.2, 0) is 33.3 Å². The highest BCUT2D eigenvalue weighted by Gasteiger charge is 2.31. The van der Waals surface area contributed by atoms with Gasteiger partial charge in [0.2, 0.25) is 0 Å². The summed E-state index contributed by atoms with van der Waals surface area (Å²) in [4.78, 5) is 22.1. The molecule has 7 heteroatoms. The number of carbonyl (C=O) groups excluding carboxylic acids is 2. The first kappa shape index (κ1) is 16.9. The molecule has 0 amide bonds. The van der Waals surface area contributed by atoms with Crippen LogP contribution in [0.4, 0.5) is 0 Å². The maximum absolute atomic E-state index is 11.1. The van der Waals surface area contributed by atoms with Crippen LogP contribution in [0.15, 0.2) is 12.2 Å². The van der Waals surface area contributed by atoms with Crippen molar-refractivity contribution in [2.75, 3.05) is 19.8 Å². The molecule has 0 aromatic rings. The van der Waals surface area contributed by atoms with Gasteiger partial charge in [-0.05, 0) is 25.0 Å². The SMILES string of the molecule is CC(=O)OC[C@H]1O[C@H](OCC2CCCO2)C=C[C@H]1OC(C)=O. The summed E-state index contributed by atoms with van der Waals surface area (Å²) in [5.74, 6) is -0.846. The van der Waals surface area contributed by atoms with Crippen LogP contribution < -0.4 is 0 Å². The average molecular weight is 314 g/mol. The normalized spacial score (nSPS) is 31.0. The first-order valence-corrected chi connectivity index (χ1v) is 7.42. The van der Waals surface area contributed by atoms with Crippen molar-refractivity contribution >= 4 is 11.9 Å². The van der Waals surface area contributed by atoms with E-state index in [2.05, 4.69) is 0 Å². The van der Waals surface area contributed by atoms with E-state index in [-0.39, 0.29) is 12.7 Å². The zero-order chi connectivity index (χ0) is 15.9. The van der Waals surface area contributed by atoms with E-state index in [0.717, 1.165) is 19.4 Å². The molecule has 0 bridgehead atoms. The Kier molecular flexibility index (Phi) is 6.35.